The molecule has 0 aliphatic carbocycles. The number of carboxylic acid groups (broad SMARTS) is 2. The Hall–Kier alpha value is -1.32. The van der Waals surface area contributed by atoms with Crippen molar-refractivity contribution in [3.8, 4) is 0 Å². The van der Waals surface area contributed by atoms with E-state index in [4.69, 9.17) is 0 Å². The third-order valence-electron chi connectivity index (χ3n) is 8.02. The molecule has 0 aromatic carbocycles. The van der Waals surface area contributed by atoms with Crippen LogP contribution in [0.15, 0.2) is 12.2 Å². The zero-order valence-electron chi connectivity index (χ0n) is 25.4. The summed E-state index contributed by atoms with van der Waals surface area (Å²) in [5.41, 5.74) is 0. The molecular formula is C34H64O4. The lowest BCUT2D eigenvalue weighted by atomic mass is 9.84. The van der Waals surface area contributed by atoms with E-state index in [9.17, 15) is 19.8 Å². The minimum Gasteiger partial charge on any atom is -0.481 e. The summed E-state index contributed by atoms with van der Waals surface area (Å²) in [7, 11) is 0. The number of unbranched alkanes of at least 4 members (excludes halogenated alkanes) is 21. The molecule has 0 saturated heterocycles. The molecule has 4 heteroatoms. The second-order valence-corrected chi connectivity index (χ2v) is 11.6. The maximum atomic E-state index is 11.9. The van der Waals surface area contributed by atoms with Crippen molar-refractivity contribution in [3.05, 3.63) is 12.2 Å². The van der Waals surface area contributed by atoms with Crippen molar-refractivity contribution in [2.45, 2.75) is 181 Å². The van der Waals surface area contributed by atoms with Gasteiger partial charge in [-0.3, -0.25) is 9.59 Å². The molecule has 38 heavy (non-hydrogen) atoms. The zero-order valence-corrected chi connectivity index (χ0v) is 25.4. The summed E-state index contributed by atoms with van der Waals surface area (Å²) in [4.78, 5) is 23.7. The van der Waals surface area contributed by atoms with E-state index in [0.29, 0.717) is 12.8 Å². The summed E-state index contributed by atoms with van der Waals surface area (Å²) >= 11 is 0. The Morgan fingerprint density at radius 2 is 0.711 bits per heavy atom. The van der Waals surface area contributed by atoms with E-state index in [1.807, 2.05) is 0 Å². The summed E-state index contributed by atoms with van der Waals surface area (Å²) < 4.78 is 0. The molecule has 0 spiro atoms. The second kappa shape index (κ2) is 28.7. The van der Waals surface area contributed by atoms with Crippen LogP contribution in [0, 0.1) is 11.8 Å². The Balaban J connectivity index is 3.91. The van der Waals surface area contributed by atoms with Crippen LogP contribution in [-0.4, -0.2) is 22.2 Å². The van der Waals surface area contributed by atoms with Crippen LogP contribution in [0.5, 0.6) is 0 Å². The Morgan fingerprint density at radius 1 is 0.447 bits per heavy atom. The molecule has 2 N–H and O–H groups in total. The summed E-state index contributed by atoms with van der Waals surface area (Å²) in [6.45, 7) is 4.50. The van der Waals surface area contributed by atoms with Crippen LogP contribution in [0.4, 0.5) is 0 Å². The van der Waals surface area contributed by atoms with Crippen molar-refractivity contribution in [1.29, 1.82) is 0 Å². The Labute approximate surface area is 236 Å². The highest BCUT2D eigenvalue weighted by atomic mass is 16.4. The van der Waals surface area contributed by atoms with Crippen LogP contribution in [-0.2, 0) is 9.59 Å². The summed E-state index contributed by atoms with van der Waals surface area (Å²) in [6, 6.07) is 0. The Bertz CT molecular complexity index is 557. The average molecular weight is 537 g/mol. The highest BCUT2D eigenvalue weighted by Crippen LogP contribution is 2.26. The molecule has 0 saturated carbocycles. The predicted octanol–water partition coefficient (Wildman–Crippen LogP) is 11.1. The van der Waals surface area contributed by atoms with Gasteiger partial charge in [-0.25, -0.2) is 0 Å². The van der Waals surface area contributed by atoms with E-state index in [2.05, 4.69) is 26.0 Å². The molecule has 0 bridgehead atoms. The third-order valence-corrected chi connectivity index (χ3v) is 8.02. The van der Waals surface area contributed by atoms with Crippen LogP contribution < -0.4 is 0 Å². The van der Waals surface area contributed by atoms with Gasteiger partial charge in [0.05, 0.1) is 11.8 Å². The fourth-order valence-electron chi connectivity index (χ4n) is 5.46. The van der Waals surface area contributed by atoms with Crippen LogP contribution in [0.25, 0.3) is 0 Å². The highest BCUT2D eigenvalue weighted by molar-refractivity contribution is 5.79. The molecule has 0 aliphatic heterocycles. The minimum absolute atomic E-state index is 0.485. The van der Waals surface area contributed by atoms with E-state index in [1.165, 1.54) is 103 Å². The molecular weight excluding hydrogens is 472 g/mol. The normalized spacial score (nSPS) is 13.2. The van der Waals surface area contributed by atoms with Crippen molar-refractivity contribution in [1.82, 2.24) is 0 Å². The minimum atomic E-state index is -0.936. The maximum Gasteiger partial charge on any atom is 0.307 e. The van der Waals surface area contributed by atoms with Crippen LogP contribution in [0.1, 0.15) is 181 Å². The van der Waals surface area contributed by atoms with Gasteiger partial charge in [-0.15, -0.1) is 0 Å². The van der Waals surface area contributed by atoms with Gasteiger partial charge in [0.25, 0.3) is 0 Å². The van der Waals surface area contributed by atoms with Gasteiger partial charge in [0.1, 0.15) is 0 Å². The lowest BCUT2D eigenvalue weighted by molar-refractivity contribution is -0.154. The fourth-order valence-corrected chi connectivity index (χ4v) is 5.46. The third kappa shape index (κ3) is 23.8. The molecule has 0 aromatic rings. The lowest BCUT2D eigenvalue weighted by Crippen LogP contribution is -2.30. The van der Waals surface area contributed by atoms with Gasteiger partial charge in [-0.2, -0.15) is 0 Å². The van der Waals surface area contributed by atoms with Gasteiger partial charge >= 0.3 is 11.9 Å². The SMILES string of the molecule is CCCCCCCC/C=C\CCCCCCC(C(=O)O)C(CCCCCCCCCCCCCC)C(=O)O. The van der Waals surface area contributed by atoms with Crippen LogP contribution >= 0.6 is 0 Å². The second-order valence-electron chi connectivity index (χ2n) is 11.6. The Kier molecular flexibility index (Phi) is 27.7. The molecule has 0 radical (unpaired) electrons. The van der Waals surface area contributed by atoms with E-state index < -0.39 is 23.8 Å². The fraction of sp³-hybridized carbons (Fsp3) is 0.882. The Morgan fingerprint density at radius 3 is 1.00 bits per heavy atom. The standard InChI is InChI=1S/C34H64O4/c1-3-5-7-9-11-13-15-17-18-20-22-24-26-28-30-32(34(37)38)31(33(35)36)29-27-25-23-21-19-16-14-12-10-8-6-4-2/h17-18,31-32H,3-16,19-30H2,1-2H3,(H,35,36)(H,37,38)/b18-17-. The van der Waals surface area contributed by atoms with Gasteiger partial charge in [-0.1, -0.05) is 154 Å². The number of allylic oxidation sites excluding steroid dienone is 2. The molecule has 0 heterocycles. The van der Waals surface area contributed by atoms with Crippen molar-refractivity contribution < 1.29 is 19.8 Å². The number of aliphatic carboxylic acids is 2. The largest absolute Gasteiger partial charge is 0.481 e. The van der Waals surface area contributed by atoms with Gasteiger partial charge in [0.15, 0.2) is 0 Å². The van der Waals surface area contributed by atoms with Crippen LogP contribution in [0.3, 0.4) is 0 Å². The first-order valence-electron chi connectivity index (χ1n) is 16.6. The summed E-state index contributed by atoms with van der Waals surface area (Å²) in [5.74, 6) is -3.37. The van der Waals surface area contributed by atoms with Crippen molar-refractivity contribution in [2.75, 3.05) is 0 Å². The molecule has 4 nitrogen and oxygen atoms in total. The molecule has 224 valence electrons. The number of rotatable bonds is 30. The number of hydrogen-bond donors (Lipinski definition) is 2. The molecule has 0 aliphatic rings. The van der Waals surface area contributed by atoms with Gasteiger partial charge in [0, 0.05) is 0 Å². The van der Waals surface area contributed by atoms with Crippen molar-refractivity contribution in [3.63, 3.8) is 0 Å². The first-order chi connectivity index (χ1) is 18.5. The van der Waals surface area contributed by atoms with Crippen molar-refractivity contribution >= 4 is 11.9 Å². The summed E-state index contributed by atoms with van der Waals surface area (Å²) in [6.07, 6.45) is 34.7. The smallest absolute Gasteiger partial charge is 0.307 e. The van der Waals surface area contributed by atoms with E-state index >= 15 is 0 Å². The topological polar surface area (TPSA) is 74.6 Å². The summed E-state index contributed by atoms with van der Waals surface area (Å²) in [5, 5.41) is 19.4. The molecule has 0 rings (SSSR count). The van der Waals surface area contributed by atoms with Gasteiger partial charge < -0.3 is 10.2 Å². The lowest BCUT2D eigenvalue weighted by Gasteiger charge is -2.20. The molecule has 0 fully saturated rings. The van der Waals surface area contributed by atoms with E-state index in [0.717, 1.165) is 51.4 Å². The maximum absolute atomic E-state index is 11.9. The first-order valence-corrected chi connectivity index (χ1v) is 16.6. The zero-order chi connectivity index (χ0) is 28.1. The number of carbonyl (C=O) groups is 2. The van der Waals surface area contributed by atoms with Gasteiger partial charge in [-0.05, 0) is 38.5 Å². The molecule has 2 atom stereocenters. The van der Waals surface area contributed by atoms with Crippen LogP contribution in [0.2, 0.25) is 0 Å². The number of carboxylic acids is 2. The first kappa shape index (κ1) is 36.7. The van der Waals surface area contributed by atoms with Gasteiger partial charge in [0.2, 0.25) is 0 Å². The predicted molar refractivity (Wildman–Crippen MR) is 163 cm³/mol. The average Bonchev–Trinajstić information content (AvgIpc) is 2.89. The quantitative estimate of drug-likeness (QED) is 0.0707. The molecule has 2 unspecified atom stereocenters. The molecule has 0 aromatic heterocycles. The monoisotopic (exact) mass is 536 g/mol. The van der Waals surface area contributed by atoms with Crippen molar-refractivity contribution in [2.24, 2.45) is 11.8 Å². The number of hydrogen-bond acceptors (Lipinski definition) is 2. The highest BCUT2D eigenvalue weighted by Gasteiger charge is 2.32. The van der Waals surface area contributed by atoms with E-state index in [1.54, 1.807) is 0 Å². The molecule has 0 amide bonds. The van der Waals surface area contributed by atoms with E-state index in [-0.39, 0.29) is 0 Å².